The highest BCUT2D eigenvalue weighted by atomic mass is 16.5. The normalized spacial score (nSPS) is 11.9. The number of ether oxygens (including phenoxy) is 2. The summed E-state index contributed by atoms with van der Waals surface area (Å²) in [7, 11) is 1.64. The van der Waals surface area contributed by atoms with Gasteiger partial charge in [0, 0.05) is 18.4 Å². The summed E-state index contributed by atoms with van der Waals surface area (Å²) in [5.41, 5.74) is 1.92. The minimum absolute atomic E-state index is 0.250. The molecule has 0 saturated heterocycles. The van der Waals surface area contributed by atoms with Gasteiger partial charge in [0.25, 0.3) is 0 Å². The highest BCUT2D eigenvalue weighted by Crippen LogP contribution is 2.17. The van der Waals surface area contributed by atoms with E-state index < -0.39 is 0 Å². The van der Waals surface area contributed by atoms with Gasteiger partial charge in [0.1, 0.15) is 6.04 Å². The predicted octanol–water partition coefficient (Wildman–Crippen LogP) is 2.20. The number of benzene rings is 1. The van der Waals surface area contributed by atoms with E-state index in [4.69, 9.17) is 9.47 Å². The molecule has 1 aromatic rings. The highest BCUT2D eigenvalue weighted by Gasteiger charge is 2.14. The molecule has 1 aromatic carbocycles. The van der Waals surface area contributed by atoms with Crippen molar-refractivity contribution >= 4 is 11.7 Å². The van der Waals surface area contributed by atoms with Crippen LogP contribution in [0.5, 0.6) is 0 Å². The summed E-state index contributed by atoms with van der Waals surface area (Å²) >= 11 is 0. The van der Waals surface area contributed by atoms with E-state index in [1.54, 1.807) is 21.0 Å². The third-order valence-electron chi connectivity index (χ3n) is 2.33. The zero-order chi connectivity index (χ0) is 12.7. The van der Waals surface area contributed by atoms with Crippen LogP contribution in [0, 0.1) is 0 Å². The fourth-order valence-electron chi connectivity index (χ4n) is 1.50. The van der Waals surface area contributed by atoms with E-state index in [2.05, 4.69) is 5.32 Å². The average Bonchev–Trinajstić information content (AvgIpc) is 2.32. The SMILES string of the molecule is CCOC(=O)C(C)Nc1ccccc1COC. The molecule has 0 aliphatic rings. The summed E-state index contributed by atoms with van der Waals surface area (Å²) in [4.78, 5) is 11.5. The van der Waals surface area contributed by atoms with Crippen LogP contribution in [0.3, 0.4) is 0 Å². The first kappa shape index (κ1) is 13.5. The number of carbonyl (C=O) groups is 1. The Hall–Kier alpha value is -1.55. The van der Waals surface area contributed by atoms with Gasteiger partial charge >= 0.3 is 5.97 Å². The molecule has 4 heteroatoms. The molecule has 0 aliphatic heterocycles. The number of rotatable bonds is 6. The van der Waals surface area contributed by atoms with Crippen LogP contribution >= 0.6 is 0 Å². The fourth-order valence-corrected chi connectivity index (χ4v) is 1.50. The van der Waals surface area contributed by atoms with Crippen LogP contribution in [0.4, 0.5) is 5.69 Å². The number of nitrogens with one attached hydrogen (secondary N) is 1. The maximum absolute atomic E-state index is 11.5. The number of esters is 1. The quantitative estimate of drug-likeness (QED) is 0.770. The first-order valence-electron chi connectivity index (χ1n) is 5.69. The molecule has 0 aliphatic carbocycles. The number of hydrogen-bond acceptors (Lipinski definition) is 4. The molecule has 0 amide bonds. The lowest BCUT2D eigenvalue weighted by atomic mass is 10.1. The van der Waals surface area contributed by atoms with E-state index in [0.717, 1.165) is 11.3 Å². The summed E-state index contributed by atoms with van der Waals surface area (Å²) in [6.07, 6.45) is 0. The fraction of sp³-hybridized carbons (Fsp3) is 0.462. The second-order valence-electron chi connectivity index (χ2n) is 3.71. The van der Waals surface area contributed by atoms with E-state index in [1.165, 1.54) is 0 Å². The molecule has 0 heterocycles. The monoisotopic (exact) mass is 237 g/mol. The largest absolute Gasteiger partial charge is 0.464 e. The van der Waals surface area contributed by atoms with Crippen LogP contribution < -0.4 is 5.32 Å². The Morgan fingerprint density at radius 1 is 1.41 bits per heavy atom. The van der Waals surface area contributed by atoms with Gasteiger partial charge in [-0.25, -0.2) is 4.79 Å². The van der Waals surface area contributed by atoms with Gasteiger partial charge in [0.2, 0.25) is 0 Å². The van der Waals surface area contributed by atoms with E-state index in [0.29, 0.717) is 13.2 Å². The molecule has 4 nitrogen and oxygen atoms in total. The molecule has 1 atom stereocenters. The van der Waals surface area contributed by atoms with Crippen molar-refractivity contribution in [3.05, 3.63) is 29.8 Å². The maximum Gasteiger partial charge on any atom is 0.328 e. The lowest BCUT2D eigenvalue weighted by Crippen LogP contribution is -2.28. The molecule has 0 fully saturated rings. The number of methoxy groups -OCH3 is 1. The summed E-state index contributed by atoms with van der Waals surface area (Å²) in [6.45, 7) is 4.48. The molecule has 0 spiro atoms. The molecule has 0 bridgehead atoms. The van der Waals surface area contributed by atoms with Crippen molar-refractivity contribution in [1.82, 2.24) is 0 Å². The number of carbonyl (C=O) groups excluding carboxylic acids is 1. The molecular weight excluding hydrogens is 218 g/mol. The molecule has 0 saturated carbocycles. The van der Waals surface area contributed by atoms with E-state index in [9.17, 15) is 4.79 Å². The molecule has 1 unspecified atom stereocenters. The summed E-state index contributed by atoms with van der Waals surface area (Å²) in [5, 5.41) is 3.13. The minimum atomic E-state index is -0.368. The van der Waals surface area contributed by atoms with Gasteiger partial charge in [-0.1, -0.05) is 18.2 Å². The second-order valence-corrected chi connectivity index (χ2v) is 3.71. The molecule has 1 rings (SSSR count). The molecular formula is C13H19NO3. The maximum atomic E-state index is 11.5. The van der Waals surface area contributed by atoms with Gasteiger partial charge in [-0.15, -0.1) is 0 Å². The first-order chi connectivity index (χ1) is 8.19. The van der Waals surface area contributed by atoms with Crippen molar-refractivity contribution in [1.29, 1.82) is 0 Å². The smallest absolute Gasteiger partial charge is 0.328 e. The van der Waals surface area contributed by atoms with Crippen LogP contribution in [0.1, 0.15) is 19.4 Å². The van der Waals surface area contributed by atoms with E-state index in [-0.39, 0.29) is 12.0 Å². The molecule has 0 radical (unpaired) electrons. The first-order valence-corrected chi connectivity index (χ1v) is 5.69. The zero-order valence-electron chi connectivity index (χ0n) is 10.5. The standard InChI is InChI=1S/C13H19NO3/c1-4-17-13(15)10(2)14-12-8-6-5-7-11(12)9-16-3/h5-8,10,14H,4,9H2,1-3H3. The lowest BCUT2D eigenvalue weighted by Gasteiger charge is -2.16. The van der Waals surface area contributed by atoms with Crippen molar-refractivity contribution in [3.63, 3.8) is 0 Å². The summed E-state index contributed by atoms with van der Waals surface area (Å²) in [6, 6.07) is 7.37. The van der Waals surface area contributed by atoms with Crippen molar-refractivity contribution in [2.24, 2.45) is 0 Å². The van der Waals surface area contributed by atoms with Crippen LogP contribution in [0.15, 0.2) is 24.3 Å². The van der Waals surface area contributed by atoms with Gasteiger partial charge in [-0.2, -0.15) is 0 Å². The van der Waals surface area contributed by atoms with Crippen LogP contribution in [0.25, 0.3) is 0 Å². The van der Waals surface area contributed by atoms with Gasteiger partial charge in [-0.05, 0) is 19.9 Å². The van der Waals surface area contributed by atoms with Crippen LogP contribution in [0.2, 0.25) is 0 Å². The third-order valence-corrected chi connectivity index (χ3v) is 2.33. The Balaban J connectivity index is 2.70. The zero-order valence-corrected chi connectivity index (χ0v) is 10.5. The van der Waals surface area contributed by atoms with Crippen molar-refractivity contribution in [2.45, 2.75) is 26.5 Å². The van der Waals surface area contributed by atoms with Crippen molar-refractivity contribution in [2.75, 3.05) is 19.0 Å². The van der Waals surface area contributed by atoms with Crippen LogP contribution in [-0.4, -0.2) is 25.7 Å². The predicted molar refractivity (Wildman–Crippen MR) is 66.9 cm³/mol. The number of anilines is 1. The highest BCUT2D eigenvalue weighted by molar-refractivity contribution is 5.79. The summed E-state index contributed by atoms with van der Waals surface area (Å²) < 4.78 is 10.0. The Bertz CT molecular complexity index is 365. The topological polar surface area (TPSA) is 47.6 Å². The Labute approximate surface area is 102 Å². The van der Waals surface area contributed by atoms with Crippen LogP contribution in [-0.2, 0) is 20.9 Å². The third kappa shape index (κ3) is 4.07. The molecule has 1 N–H and O–H groups in total. The van der Waals surface area contributed by atoms with E-state index in [1.807, 2.05) is 24.3 Å². The molecule has 94 valence electrons. The Morgan fingerprint density at radius 2 is 2.12 bits per heavy atom. The van der Waals surface area contributed by atoms with Gasteiger partial charge < -0.3 is 14.8 Å². The van der Waals surface area contributed by atoms with Gasteiger partial charge in [0.15, 0.2) is 0 Å². The van der Waals surface area contributed by atoms with Crippen molar-refractivity contribution in [3.8, 4) is 0 Å². The Kier molecular flexibility index (Phi) is 5.49. The Morgan fingerprint density at radius 3 is 2.76 bits per heavy atom. The molecule has 17 heavy (non-hydrogen) atoms. The number of para-hydroxylation sites is 1. The number of hydrogen-bond donors (Lipinski definition) is 1. The minimum Gasteiger partial charge on any atom is -0.464 e. The summed E-state index contributed by atoms with van der Waals surface area (Å²) in [5.74, 6) is -0.250. The lowest BCUT2D eigenvalue weighted by molar-refractivity contribution is -0.143. The van der Waals surface area contributed by atoms with Crippen molar-refractivity contribution < 1.29 is 14.3 Å². The second kappa shape index (κ2) is 6.91. The van der Waals surface area contributed by atoms with Gasteiger partial charge in [-0.3, -0.25) is 0 Å². The molecule has 0 aromatic heterocycles. The van der Waals surface area contributed by atoms with E-state index >= 15 is 0 Å². The average molecular weight is 237 g/mol. The van der Waals surface area contributed by atoms with Gasteiger partial charge in [0.05, 0.1) is 13.2 Å².